The van der Waals surface area contributed by atoms with Crippen LogP contribution in [0.5, 0.6) is 0 Å². The number of rotatable bonds is 2. The normalized spacial score (nSPS) is 16.0. The Kier molecular flexibility index (Phi) is 4.49. The molecule has 0 atom stereocenters. The van der Waals surface area contributed by atoms with Crippen molar-refractivity contribution >= 4 is 11.3 Å². The Morgan fingerprint density at radius 3 is 2.32 bits per heavy atom. The smallest absolute Gasteiger partial charge is 0.136 e. The second-order valence-corrected chi connectivity index (χ2v) is 5.87. The fraction of sp³-hybridized carbons (Fsp3) is 0.100. The van der Waals surface area contributed by atoms with E-state index in [2.05, 4.69) is 0 Å². The van der Waals surface area contributed by atoms with Crippen molar-refractivity contribution in [1.29, 1.82) is 0 Å². The first-order valence-electron chi connectivity index (χ1n) is 7.65. The summed E-state index contributed by atoms with van der Waals surface area (Å²) in [5.74, 6) is -3.69. The summed E-state index contributed by atoms with van der Waals surface area (Å²) < 4.78 is 55.9. The van der Waals surface area contributed by atoms with E-state index in [1.54, 1.807) is 31.2 Å². The largest absolute Gasteiger partial charge is 0.398 e. The van der Waals surface area contributed by atoms with Crippen molar-refractivity contribution in [2.75, 3.05) is 5.73 Å². The quantitative estimate of drug-likeness (QED) is 0.556. The highest BCUT2D eigenvalue weighted by Gasteiger charge is 2.22. The molecule has 5 heteroatoms. The van der Waals surface area contributed by atoms with Gasteiger partial charge in [0.1, 0.15) is 23.3 Å². The van der Waals surface area contributed by atoms with Crippen molar-refractivity contribution in [3.63, 3.8) is 0 Å². The zero-order valence-corrected chi connectivity index (χ0v) is 13.4. The molecule has 0 spiro atoms. The van der Waals surface area contributed by atoms with Gasteiger partial charge in [-0.05, 0) is 43.2 Å². The maximum absolute atomic E-state index is 14.4. The number of benzene rings is 2. The summed E-state index contributed by atoms with van der Waals surface area (Å²) >= 11 is 0. The number of nitrogen functional groups attached to an aromatic ring is 1. The van der Waals surface area contributed by atoms with Crippen LogP contribution in [-0.4, -0.2) is 0 Å². The summed E-state index contributed by atoms with van der Waals surface area (Å²) in [4.78, 5) is 0. The third-order valence-corrected chi connectivity index (χ3v) is 3.98. The van der Waals surface area contributed by atoms with E-state index in [9.17, 15) is 17.6 Å². The lowest BCUT2D eigenvalue weighted by Gasteiger charge is -2.18. The van der Waals surface area contributed by atoms with Gasteiger partial charge in [-0.1, -0.05) is 17.7 Å². The molecule has 0 saturated carbocycles. The molecule has 2 N–H and O–H groups in total. The Morgan fingerprint density at radius 1 is 1.00 bits per heavy atom. The van der Waals surface area contributed by atoms with Gasteiger partial charge in [-0.3, -0.25) is 0 Å². The Hall–Kier alpha value is -2.82. The minimum Gasteiger partial charge on any atom is -0.398 e. The number of anilines is 1. The number of nitrogens with two attached hydrogens (primary N) is 1. The fourth-order valence-corrected chi connectivity index (χ4v) is 2.88. The van der Waals surface area contributed by atoms with Crippen LogP contribution in [0.15, 0.2) is 60.0 Å². The molecule has 25 heavy (non-hydrogen) atoms. The molecule has 0 aromatic heterocycles. The molecule has 0 heterocycles. The van der Waals surface area contributed by atoms with E-state index in [0.29, 0.717) is 29.0 Å². The first kappa shape index (κ1) is 17.0. The minimum atomic E-state index is -1.07. The van der Waals surface area contributed by atoms with Gasteiger partial charge in [0.25, 0.3) is 0 Å². The molecule has 0 saturated heterocycles. The molecule has 128 valence electrons. The van der Waals surface area contributed by atoms with E-state index in [1.807, 2.05) is 0 Å². The summed E-state index contributed by atoms with van der Waals surface area (Å²) in [6.07, 6.45) is 4.31. The minimum absolute atomic E-state index is 0.121. The van der Waals surface area contributed by atoms with Crippen molar-refractivity contribution in [2.45, 2.75) is 13.3 Å². The van der Waals surface area contributed by atoms with Crippen molar-refractivity contribution in [3.8, 4) is 0 Å². The Balaban J connectivity index is 2.38. The average molecular weight is 345 g/mol. The molecule has 1 aliphatic carbocycles. The predicted molar refractivity (Wildman–Crippen MR) is 90.9 cm³/mol. The lowest BCUT2D eigenvalue weighted by molar-refractivity contribution is 0.539. The van der Waals surface area contributed by atoms with Gasteiger partial charge < -0.3 is 5.73 Å². The summed E-state index contributed by atoms with van der Waals surface area (Å²) in [5, 5.41) is 0. The molecular weight excluding hydrogens is 330 g/mol. The second-order valence-electron chi connectivity index (χ2n) is 5.87. The molecule has 0 aliphatic heterocycles. The molecule has 0 fully saturated rings. The van der Waals surface area contributed by atoms with Gasteiger partial charge in [0.05, 0.1) is 5.56 Å². The molecule has 0 bridgehead atoms. The number of halogens is 4. The third kappa shape index (κ3) is 3.36. The highest BCUT2D eigenvalue weighted by atomic mass is 19.1. The molecule has 0 unspecified atom stereocenters. The van der Waals surface area contributed by atoms with Crippen LogP contribution in [-0.2, 0) is 0 Å². The van der Waals surface area contributed by atoms with Gasteiger partial charge in [0.15, 0.2) is 0 Å². The van der Waals surface area contributed by atoms with Crippen molar-refractivity contribution in [3.05, 3.63) is 94.1 Å². The van der Waals surface area contributed by atoms with Crippen LogP contribution in [0.25, 0.3) is 5.57 Å². The van der Waals surface area contributed by atoms with Crippen LogP contribution in [0.1, 0.15) is 23.1 Å². The van der Waals surface area contributed by atoms with E-state index < -0.39 is 28.8 Å². The summed E-state index contributed by atoms with van der Waals surface area (Å²) in [5.41, 5.74) is 7.56. The van der Waals surface area contributed by atoms with Crippen molar-refractivity contribution in [2.24, 2.45) is 0 Å². The lowest BCUT2D eigenvalue weighted by atomic mass is 9.87. The summed E-state index contributed by atoms with van der Waals surface area (Å²) in [6, 6.07) is 6.25. The second kappa shape index (κ2) is 6.59. The van der Waals surface area contributed by atoms with E-state index in [-0.39, 0.29) is 12.0 Å². The fourth-order valence-electron chi connectivity index (χ4n) is 2.88. The van der Waals surface area contributed by atoms with Gasteiger partial charge in [-0.15, -0.1) is 0 Å². The predicted octanol–water partition coefficient (Wildman–Crippen LogP) is 5.61. The van der Waals surface area contributed by atoms with Crippen LogP contribution >= 0.6 is 0 Å². The molecule has 2 aromatic rings. The zero-order chi connectivity index (χ0) is 18.1. The molecule has 0 amide bonds. The topological polar surface area (TPSA) is 26.0 Å². The highest BCUT2D eigenvalue weighted by molar-refractivity contribution is 5.89. The maximum Gasteiger partial charge on any atom is 0.136 e. The molecule has 1 nitrogen and oxygen atoms in total. The first-order chi connectivity index (χ1) is 11.9. The molecule has 2 aromatic carbocycles. The molecule has 0 radical (unpaired) electrons. The Bertz CT molecular complexity index is 916. The SMILES string of the molecule is Cc1ccc(N)c(/C(=C2/C=C(F)C=CC2)c2c(F)cc(F)cc2F)c1. The van der Waals surface area contributed by atoms with E-state index in [0.717, 1.165) is 5.56 Å². The molecule has 1 aliphatic rings. The van der Waals surface area contributed by atoms with Crippen LogP contribution < -0.4 is 5.73 Å². The maximum atomic E-state index is 14.4. The number of hydrogen-bond acceptors (Lipinski definition) is 1. The zero-order valence-electron chi connectivity index (χ0n) is 13.4. The van der Waals surface area contributed by atoms with Gasteiger partial charge in [0.2, 0.25) is 0 Å². The number of allylic oxidation sites excluding steroid dienone is 5. The monoisotopic (exact) mass is 345 g/mol. The van der Waals surface area contributed by atoms with E-state index in [4.69, 9.17) is 5.73 Å². The van der Waals surface area contributed by atoms with Crippen LogP contribution in [0, 0.1) is 24.4 Å². The van der Waals surface area contributed by atoms with Gasteiger partial charge in [-0.25, -0.2) is 17.6 Å². The standard InChI is InChI=1S/C20H15F4N/c1-11-5-6-18(25)15(7-11)19(12-3-2-4-13(21)8-12)20-16(23)9-14(22)10-17(20)24/h2,4-10H,3,25H2,1H3/b19-12-. The van der Waals surface area contributed by atoms with Crippen LogP contribution in [0.3, 0.4) is 0 Å². The van der Waals surface area contributed by atoms with Gasteiger partial charge in [0, 0.05) is 29.0 Å². The van der Waals surface area contributed by atoms with Gasteiger partial charge >= 0.3 is 0 Å². The average Bonchev–Trinajstić information content (AvgIpc) is 2.53. The van der Waals surface area contributed by atoms with Crippen LogP contribution in [0.2, 0.25) is 0 Å². The first-order valence-corrected chi connectivity index (χ1v) is 7.65. The van der Waals surface area contributed by atoms with E-state index in [1.165, 1.54) is 12.2 Å². The summed E-state index contributed by atoms with van der Waals surface area (Å²) in [7, 11) is 0. The third-order valence-electron chi connectivity index (χ3n) is 3.98. The Labute approximate surface area is 142 Å². The van der Waals surface area contributed by atoms with E-state index >= 15 is 0 Å². The molecular formula is C20H15F4N. The lowest BCUT2D eigenvalue weighted by Crippen LogP contribution is -2.05. The van der Waals surface area contributed by atoms with Crippen LogP contribution in [0.4, 0.5) is 23.2 Å². The van der Waals surface area contributed by atoms with Crippen molar-refractivity contribution < 1.29 is 17.6 Å². The summed E-state index contributed by atoms with van der Waals surface area (Å²) in [6.45, 7) is 1.81. The highest BCUT2D eigenvalue weighted by Crippen LogP contribution is 2.37. The van der Waals surface area contributed by atoms with Gasteiger partial charge in [-0.2, -0.15) is 0 Å². The Morgan fingerprint density at radius 2 is 1.68 bits per heavy atom. The number of aryl methyl sites for hydroxylation is 1. The molecule has 3 rings (SSSR count). The van der Waals surface area contributed by atoms with Crippen molar-refractivity contribution in [1.82, 2.24) is 0 Å². The number of hydrogen-bond donors (Lipinski definition) is 1.